The smallest absolute Gasteiger partial charge is 0.108 e. The van der Waals surface area contributed by atoms with E-state index in [-0.39, 0.29) is 5.60 Å². The molecule has 0 saturated heterocycles. The van der Waals surface area contributed by atoms with E-state index in [9.17, 15) is 0 Å². The molecule has 0 bridgehead atoms. The zero-order valence-corrected chi connectivity index (χ0v) is 10.9. The molecule has 0 fully saturated rings. The summed E-state index contributed by atoms with van der Waals surface area (Å²) in [5.41, 5.74) is 0.0712. The minimum Gasteiger partial charge on any atom is -0.376 e. The zero-order chi connectivity index (χ0) is 11.2. The normalized spacial score (nSPS) is 13.2. The van der Waals surface area contributed by atoms with Crippen molar-refractivity contribution in [2.24, 2.45) is 0 Å². The number of hydrogen-bond donors (Lipinski definition) is 0. The lowest BCUT2D eigenvalue weighted by molar-refractivity contribution is -0.0217. The Morgan fingerprint density at radius 2 is 1.64 bits per heavy atom. The van der Waals surface area contributed by atoms with Gasteiger partial charge >= 0.3 is 0 Å². The average Bonchev–Trinajstić information content (AvgIpc) is 2.01. The summed E-state index contributed by atoms with van der Waals surface area (Å²) >= 11 is 0. The molecule has 0 amide bonds. The van der Waals surface area contributed by atoms with Crippen molar-refractivity contribution in [2.75, 3.05) is 6.61 Å². The highest BCUT2D eigenvalue weighted by Gasteiger charge is 2.15. The second-order valence-electron chi connectivity index (χ2n) is 5.98. The summed E-state index contributed by atoms with van der Waals surface area (Å²) in [5.74, 6) is 0. The third kappa shape index (κ3) is 8.62. The highest BCUT2D eigenvalue weighted by Crippen LogP contribution is 2.26. The van der Waals surface area contributed by atoms with E-state index < -0.39 is 0 Å². The van der Waals surface area contributed by atoms with Gasteiger partial charge in [0.2, 0.25) is 0 Å². The Morgan fingerprint density at radius 3 is 2.07 bits per heavy atom. The van der Waals surface area contributed by atoms with E-state index in [4.69, 9.17) is 4.74 Å². The van der Waals surface area contributed by atoms with Crippen LogP contribution in [0.4, 0.5) is 0 Å². The van der Waals surface area contributed by atoms with Gasteiger partial charge in [-0.3, -0.25) is 0 Å². The first-order chi connectivity index (χ1) is 6.27. The van der Waals surface area contributed by atoms with Crippen molar-refractivity contribution in [3.63, 3.8) is 0 Å². The van der Waals surface area contributed by atoms with E-state index >= 15 is 0 Å². The molecular formula is C12H27BO. The SMILES string of the molecule is BC(C)(C)CCCCOC(C)(C)CC. The molecule has 0 radical (unpaired) electrons. The highest BCUT2D eigenvalue weighted by atomic mass is 16.5. The molecule has 1 nitrogen and oxygen atoms in total. The van der Waals surface area contributed by atoms with Crippen molar-refractivity contribution in [3.8, 4) is 0 Å². The molecular weight excluding hydrogens is 171 g/mol. The number of unbranched alkanes of at least 4 members (excludes halogenated alkanes) is 1. The van der Waals surface area contributed by atoms with Crippen LogP contribution in [0.3, 0.4) is 0 Å². The number of ether oxygens (including phenoxy) is 1. The average molecular weight is 198 g/mol. The van der Waals surface area contributed by atoms with Gasteiger partial charge in [-0.1, -0.05) is 38.9 Å². The van der Waals surface area contributed by atoms with Crippen LogP contribution in [0.2, 0.25) is 5.31 Å². The van der Waals surface area contributed by atoms with Crippen molar-refractivity contribution in [3.05, 3.63) is 0 Å². The van der Waals surface area contributed by atoms with Gasteiger partial charge < -0.3 is 4.74 Å². The molecule has 0 N–H and O–H groups in total. The van der Waals surface area contributed by atoms with Gasteiger partial charge in [0.25, 0.3) is 0 Å². The zero-order valence-electron chi connectivity index (χ0n) is 10.9. The molecule has 0 unspecified atom stereocenters. The predicted octanol–water partition coefficient (Wildman–Crippen LogP) is 3.19. The molecule has 0 aromatic rings. The number of rotatable bonds is 7. The minimum absolute atomic E-state index is 0.0712. The Hall–Kier alpha value is 0.0249. The maximum Gasteiger partial charge on any atom is 0.108 e. The molecule has 0 heterocycles. The van der Waals surface area contributed by atoms with Gasteiger partial charge in [0, 0.05) is 6.61 Å². The molecule has 0 aromatic carbocycles. The van der Waals surface area contributed by atoms with Crippen LogP contribution in [-0.2, 0) is 4.74 Å². The van der Waals surface area contributed by atoms with Crippen LogP contribution in [0.1, 0.15) is 60.3 Å². The summed E-state index contributed by atoms with van der Waals surface area (Å²) < 4.78 is 5.79. The van der Waals surface area contributed by atoms with Crippen LogP contribution in [0.5, 0.6) is 0 Å². The first-order valence-corrected chi connectivity index (χ1v) is 5.91. The fraction of sp³-hybridized carbons (Fsp3) is 1.00. The van der Waals surface area contributed by atoms with Gasteiger partial charge in [-0.25, -0.2) is 0 Å². The molecule has 2 heteroatoms. The van der Waals surface area contributed by atoms with Crippen molar-refractivity contribution >= 4 is 7.85 Å². The molecule has 0 aromatic heterocycles. The van der Waals surface area contributed by atoms with Gasteiger partial charge in [-0.05, 0) is 26.7 Å². The Morgan fingerprint density at radius 1 is 1.07 bits per heavy atom. The molecule has 0 aliphatic rings. The standard InChI is InChI=1S/C12H27BO/c1-6-12(4,5)14-10-8-7-9-11(2,3)13/h6-10,13H2,1-5H3. The highest BCUT2D eigenvalue weighted by molar-refractivity contribution is 6.14. The molecule has 0 aliphatic heterocycles. The largest absolute Gasteiger partial charge is 0.376 e. The Labute approximate surface area is 91.0 Å². The topological polar surface area (TPSA) is 9.23 Å². The van der Waals surface area contributed by atoms with Gasteiger partial charge in [0.1, 0.15) is 7.85 Å². The van der Waals surface area contributed by atoms with E-state index in [0.717, 1.165) is 13.0 Å². The lowest BCUT2D eigenvalue weighted by atomic mass is 9.69. The monoisotopic (exact) mass is 198 g/mol. The Kier molecular flexibility index (Phi) is 5.81. The van der Waals surface area contributed by atoms with Crippen LogP contribution < -0.4 is 0 Å². The third-order valence-corrected chi connectivity index (χ3v) is 2.67. The summed E-state index contributed by atoms with van der Waals surface area (Å²) in [6, 6.07) is 0. The van der Waals surface area contributed by atoms with E-state index in [2.05, 4.69) is 42.5 Å². The second kappa shape index (κ2) is 5.80. The molecule has 14 heavy (non-hydrogen) atoms. The van der Waals surface area contributed by atoms with Crippen LogP contribution in [0.25, 0.3) is 0 Å². The van der Waals surface area contributed by atoms with Crippen molar-refractivity contribution in [1.82, 2.24) is 0 Å². The van der Waals surface area contributed by atoms with E-state index in [0.29, 0.717) is 5.31 Å². The first-order valence-electron chi connectivity index (χ1n) is 5.91. The number of hydrogen-bond acceptors (Lipinski definition) is 1. The predicted molar refractivity (Wildman–Crippen MR) is 66.8 cm³/mol. The summed E-state index contributed by atoms with van der Waals surface area (Å²) in [6.45, 7) is 12.0. The maximum absolute atomic E-state index is 5.79. The van der Waals surface area contributed by atoms with E-state index in [1.165, 1.54) is 19.3 Å². The first kappa shape index (κ1) is 14.0. The summed E-state index contributed by atoms with van der Waals surface area (Å²) in [7, 11) is 2.30. The van der Waals surface area contributed by atoms with Crippen molar-refractivity contribution in [2.45, 2.75) is 71.2 Å². The maximum atomic E-state index is 5.79. The minimum atomic E-state index is 0.0712. The lowest BCUT2D eigenvalue weighted by Gasteiger charge is -2.24. The lowest BCUT2D eigenvalue weighted by Crippen LogP contribution is -2.23. The Balaban J connectivity index is 3.39. The van der Waals surface area contributed by atoms with E-state index in [1.807, 2.05) is 0 Å². The third-order valence-electron chi connectivity index (χ3n) is 2.67. The van der Waals surface area contributed by atoms with Gasteiger partial charge in [0.05, 0.1) is 5.60 Å². The van der Waals surface area contributed by atoms with Crippen LogP contribution in [-0.4, -0.2) is 20.1 Å². The molecule has 0 spiro atoms. The van der Waals surface area contributed by atoms with Gasteiger partial charge in [0.15, 0.2) is 0 Å². The molecule has 84 valence electrons. The second-order valence-corrected chi connectivity index (χ2v) is 5.98. The van der Waals surface area contributed by atoms with Crippen LogP contribution >= 0.6 is 0 Å². The van der Waals surface area contributed by atoms with Crippen molar-refractivity contribution < 1.29 is 4.74 Å². The van der Waals surface area contributed by atoms with Crippen LogP contribution in [0.15, 0.2) is 0 Å². The molecule has 0 rings (SSSR count). The Bertz CT molecular complexity index is 147. The molecule has 0 atom stereocenters. The van der Waals surface area contributed by atoms with Crippen molar-refractivity contribution in [1.29, 1.82) is 0 Å². The van der Waals surface area contributed by atoms with Gasteiger partial charge in [-0.15, -0.1) is 0 Å². The van der Waals surface area contributed by atoms with E-state index in [1.54, 1.807) is 0 Å². The fourth-order valence-corrected chi connectivity index (χ4v) is 1.21. The molecule has 0 aliphatic carbocycles. The van der Waals surface area contributed by atoms with Gasteiger partial charge in [-0.2, -0.15) is 0 Å². The fourth-order valence-electron chi connectivity index (χ4n) is 1.21. The quantitative estimate of drug-likeness (QED) is 0.451. The summed E-state index contributed by atoms with van der Waals surface area (Å²) in [4.78, 5) is 0. The summed E-state index contributed by atoms with van der Waals surface area (Å²) in [5, 5.41) is 0.472. The summed E-state index contributed by atoms with van der Waals surface area (Å²) in [6.07, 6.45) is 4.86. The van der Waals surface area contributed by atoms with Crippen LogP contribution in [0, 0.1) is 0 Å². The molecule has 0 saturated carbocycles.